The lowest BCUT2D eigenvalue weighted by Gasteiger charge is -2.10. The van der Waals surface area contributed by atoms with Crippen molar-refractivity contribution in [1.82, 2.24) is 25.2 Å². The molecule has 0 saturated heterocycles. The maximum Gasteiger partial charge on any atom is 0.250 e. The summed E-state index contributed by atoms with van der Waals surface area (Å²) in [5, 5.41) is 23.0. The van der Waals surface area contributed by atoms with Gasteiger partial charge in [0.05, 0.1) is 18.6 Å². The Labute approximate surface area is 214 Å². The van der Waals surface area contributed by atoms with E-state index < -0.39 is 0 Å². The zero-order chi connectivity index (χ0) is 24.6. The second-order valence-corrected chi connectivity index (χ2v) is 8.95. The van der Waals surface area contributed by atoms with Crippen molar-refractivity contribution >= 4 is 39.8 Å². The van der Waals surface area contributed by atoms with Gasteiger partial charge in [0, 0.05) is 28.1 Å². The van der Waals surface area contributed by atoms with Crippen molar-refractivity contribution in [3.8, 4) is 28.6 Å². The van der Waals surface area contributed by atoms with Gasteiger partial charge in [-0.2, -0.15) is 5.10 Å². The number of aromatic hydroxyl groups is 1. The number of hydrogen-bond donors (Lipinski definition) is 2. The zero-order valence-electron chi connectivity index (χ0n) is 18.6. The number of amides is 1. The number of rotatable bonds is 9. The van der Waals surface area contributed by atoms with E-state index in [-0.39, 0.29) is 17.4 Å². The molecular weight excluding hydrogens is 532 g/mol. The third-order valence-electron chi connectivity index (χ3n) is 4.68. The fourth-order valence-corrected chi connectivity index (χ4v) is 4.11. The summed E-state index contributed by atoms with van der Waals surface area (Å²) in [6.07, 6.45) is 4.87. The summed E-state index contributed by atoms with van der Waals surface area (Å²) in [6.45, 7) is 2.26. The fraction of sp³-hybridized carbons (Fsp3) is 0.125. The molecule has 2 aromatic carbocycles. The number of pyridine rings is 1. The molecule has 0 atom stereocenters. The Morgan fingerprint density at radius 1 is 1.17 bits per heavy atom. The van der Waals surface area contributed by atoms with Gasteiger partial charge in [0.15, 0.2) is 22.5 Å². The number of thioether (sulfide) groups is 1. The van der Waals surface area contributed by atoms with Gasteiger partial charge in [-0.3, -0.25) is 14.3 Å². The van der Waals surface area contributed by atoms with E-state index in [1.54, 1.807) is 24.5 Å². The second-order valence-electron chi connectivity index (χ2n) is 7.10. The molecule has 11 heteroatoms. The first-order valence-electron chi connectivity index (χ1n) is 10.6. The minimum atomic E-state index is -0.300. The molecule has 2 aromatic heterocycles. The van der Waals surface area contributed by atoms with Crippen LogP contribution in [0.25, 0.3) is 17.1 Å². The number of ether oxygens (including phenoxy) is 1. The van der Waals surface area contributed by atoms with Crippen LogP contribution in [0, 0.1) is 0 Å². The van der Waals surface area contributed by atoms with Gasteiger partial charge in [-0.25, -0.2) is 5.43 Å². The highest BCUT2D eigenvalue weighted by molar-refractivity contribution is 9.10. The predicted molar refractivity (Wildman–Crippen MR) is 138 cm³/mol. The topological polar surface area (TPSA) is 115 Å². The van der Waals surface area contributed by atoms with Gasteiger partial charge >= 0.3 is 0 Å². The number of hydrazone groups is 1. The van der Waals surface area contributed by atoms with E-state index in [1.165, 1.54) is 24.0 Å². The van der Waals surface area contributed by atoms with Crippen LogP contribution in [0.2, 0.25) is 0 Å². The van der Waals surface area contributed by atoms with Crippen LogP contribution in [0.3, 0.4) is 0 Å². The van der Waals surface area contributed by atoms with Crippen molar-refractivity contribution in [1.29, 1.82) is 0 Å². The van der Waals surface area contributed by atoms with E-state index in [0.29, 0.717) is 28.9 Å². The molecule has 0 saturated carbocycles. The lowest BCUT2D eigenvalue weighted by molar-refractivity contribution is -0.118. The normalized spacial score (nSPS) is 11.0. The summed E-state index contributed by atoms with van der Waals surface area (Å²) in [5.74, 6) is 0.835. The molecule has 2 N–H and O–H groups in total. The fourth-order valence-electron chi connectivity index (χ4n) is 3.10. The number of carbonyl (C=O) groups is 1. The highest BCUT2D eigenvalue weighted by Gasteiger charge is 2.17. The largest absolute Gasteiger partial charge is 0.504 e. The molecular formula is C24H21BrN6O3S. The number of phenolic OH excluding ortho intramolecular Hbond substituents is 1. The number of aromatic nitrogens is 4. The standard InChI is InChI=1S/C24H21BrN6O3S/c1-2-34-21-13-16(3-8-20(21)32)14-27-28-22(33)15-35-24-30-29-23(17-9-11-26-12-10-17)31(24)19-6-4-18(25)5-7-19/h3-14,32H,2,15H2,1H3,(H,28,33). The van der Waals surface area contributed by atoms with Gasteiger partial charge in [-0.1, -0.05) is 27.7 Å². The Morgan fingerprint density at radius 3 is 2.69 bits per heavy atom. The molecule has 0 radical (unpaired) electrons. The van der Waals surface area contributed by atoms with Crippen LogP contribution >= 0.6 is 27.7 Å². The summed E-state index contributed by atoms with van der Waals surface area (Å²) in [4.78, 5) is 16.5. The molecule has 0 fully saturated rings. The molecule has 35 heavy (non-hydrogen) atoms. The third-order valence-corrected chi connectivity index (χ3v) is 6.13. The van der Waals surface area contributed by atoms with Crippen LogP contribution in [0.5, 0.6) is 11.5 Å². The van der Waals surface area contributed by atoms with Crippen LogP contribution in [-0.4, -0.2) is 49.3 Å². The first kappa shape index (κ1) is 24.4. The molecule has 2 heterocycles. The van der Waals surface area contributed by atoms with Crippen molar-refractivity contribution in [2.45, 2.75) is 12.1 Å². The number of nitrogens with zero attached hydrogens (tertiary/aromatic N) is 5. The Morgan fingerprint density at radius 2 is 1.94 bits per heavy atom. The number of hydrogen-bond acceptors (Lipinski definition) is 8. The van der Waals surface area contributed by atoms with Crippen molar-refractivity contribution in [2.75, 3.05) is 12.4 Å². The van der Waals surface area contributed by atoms with Crippen molar-refractivity contribution in [2.24, 2.45) is 5.10 Å². The third kappa shape index (κ3) is 6.25. The van der Waals surface area contributed by atoms with Gasteiger partial charge in [0.2, 0.25) is 0 Å². The Kier molecular flexibility index (Phi) is 8.11. The molecule has 178 valence electrons. The van der Waals surface area contributed by atoms with E-state index >= 15 is 0 Å². The first-order chi connectivity index (χ1) is 17.0. The van der Waals surface area contributed by atoms with Gasteiger partial charge < -0.3 is 9.84 Å². The highest BCUT2D eigenvalue weighted by Crippen LogP contribution is 2.28. The monoisotopic (exact) mass is 552 g/mol. The average molecular weight is 553 g/mol. The number of carbonyl (C=O) groups excluding carboxylic acids is 1. The molecule has 0 bridgehead atoms. The quantitative estimate of drug-likeness (QED) is 0.179. The van der Waals surface area contributed by atoms with Crippen molar-refractivity contribution in [3.63, 3.8) is 0 Å². The lowest BCUT2D eigenvalue weighted by Crippen LogP contribution is -2.20. The maximum absolute atomic E-state index is 12.4. The lowest BCUT2D eigenvalue weighted by atomic mass is 10.2. The summed E-state index contributed by atoms with van der Waals surface area (Å²) in [5.41, 5.74) is 4.91. The van der Waals surface area contributed by atoms with Crippen molar-refractivity contribution < 1.29 is 14.6 Å². The second kappa shape index (κ2) is 11.6. The smallest absolute Gasteiger partial charge is 0.250 e. The molecule has 4 aromatic rings. The molecule has 4 rings (SSSR count). The highest BCUT2D eigenvalue weighted by atomic mass is 79.9. The maximum atomic E-state index is 12.4. The Balaban J connectivity index is 1.46. The van der Waals surface area contributed by atoms with E-state index in [2.05, 4.69) is 41.6 Å². The molecule has 9 nitrogen and oxygen atoms in total. The number of nitrogens with one attached hydrogen (secondary N) is 1. The van der Waals surface area contributed by atoms with E-state index in [0.717, 1.165) is 15.7 Å². The van der Waals surface area contributed by atoms with Gasteiger partial charge in [-0.15, -0.1) is 10.2 Å². The van der Waals surface area contributed by atoms with Crippen LogP contribution < -0.4 is 10.2 Å². The first-order valence-corrected chi connectivity index (χ1v) is 12.3. The summed E-state index contributed by atoms with van der Waals surface area (Å²) in [6, 6.07) is 16.3. The van der Waals surface area contributed by atoms with Gasteiger partial charge in [0.25, 0.3) is 5.91 Å². The number of halogens is 1. The zero-order valence-corrected chi connectivity index (χ0v) is 21.0. The molecule has 0 aliphatic rings. The summed E-state index contributed by atoms with van der Waals surface area (Å²) in [7, 11) is 0. The molecule has 1 amide bonds. The van der Waals surface area contributed by atoms with Gasteiger partial charge in [0.1, 0.15) is 0 Å². The molecule has 0 unspecified atom stereocenters. The van der Waals surface area contributed by atoms with E-state index in [1.807, 2.05) is 47.9 Å². The van der Waals surface area contributed by atoms with E-state index in [9.17, 15) is 9.90 Å². The molecule has 0 aliphatic carbocycles. The van der Waals surface area contributed by atoms with Crippen molar-refractivity contribution in [3.05, 3.63) is 77.0 Å². The van der Waals surface area contributed by atoms with Crippen LogP contribution in [0.15, 0.2) is 81.7 Å². The van der Waals surface area contributed by atoms with Gasteiger partial charge in [-0.05, 0) is 67.1 Å². The molecule has 0 spiro atoms. The minimum absolute atomic E-state index is 0.0467. The molecule has 0 aliphatic heterocycles. The van der Waals surface area contributed by atoms with Crippen LogP contribution in [-0.2, 0) is 4.79 Å². The Hall–Kier alpha value is -3.70. The van der Waals surface area contributed by atoms with E-state index in [4.69, 9.17) is 4.74 Å². The van der Waals surface area contributed by atoms with Crippen LogP contribution in [0.4, 0.5) is 0 Å². The summed E-state index contributed by atoms with van der Waals surface area (Å²) >= 11 is 4.71. The predicted octanol–water partition coefficient (Wildman–Crippen LogP) is 4.44. The minimum Gasteiger partial charge on any atom is -0.504 e. The Bertz CT molecular complexity index is 1330. The van der Waals surface area contributed by atoms with Crippen LogP contribution in [0.1, 0.15) is 12.5 Å². The summed E-state index contributed by atoms with van der Waals surface area (Å²) < 4.78 is 8.21. The average Bonchev–Trinajstić information content (AvgIpc) is 3.30. The SMILES string of the molecule is CCOc1cc(C=NNC(=O)CSc2nnc(-c3ccncc3)n2-c2ccc(Br)cc2)ccc1O. The number of benzene rings is 2. The number of phenols is 1.